The van der Waals surface area contributed by atoms with Crippen LogP contribution < -0.4 is 5.56 Å². The van der Waals surface area contributed by atoms with Crippen LogP contribution in [0, 0.1) is 0 Å². The Morgan fingerprint density at radius 2 is 1.91 bits per heavy atom. The van der Waals surface area contributed by atoms with Gasteiger partial charge in [-0.25, -0.2) is 10.1 Å². The second kappa shape index (κ2) is 8.96. The monoisotopic (exact) mass is 508 g/mol. The van der Waals surface area contributed by atoms with Crippen LogP contribution in [0.25, 0.3) is 22.0 Å². The molecule has 162 valence electrons. The molecule has 0 bridgehead atoms. The minimum Gasteiger partial charge on any atom is -0.342 e. The van der Waals surface area contributed by atoms with Crippen molar-refractivity contribution >= 4 is 43.9 Å². The van der Waals surface area contributed by atoms with Gasteiger partial charge in [0.05, 0.1) is 28.2 Å². The van der Waals surface area contributed by atoms with E-state index < -0.39 is 0 Å². The Bertz CT molecular complexity index is 1340. The summed E-state index contributed by atoms with van der Waals surface area (Å²) in [5.74, 6) is 0.416. The molecule has 32 heavy (non-hydrogen) atoms. The molecule has 0 spiro atoms. The van der Waals surface area contributed by atoms with Gasteiger partial charge >= 0.3 is 0 Å². The molecule has 1 aliphatic heterocycles. The molecule has 1 saturated heterocycles. The van der Waals surface area contributed by atoms with E-state index in [1.165, 1.54) is 0 Å². The van der Waals surface area contributed by atoms with Gasteiger partial charge in [0.15, 0.2) is 0 Å². The van der Waals surface area contributed by atoms with Gasteiger partial charge < -0.3 is 4.90 Å². The quantitative estimate of drug-likeness (QED) is 0.431. The molecule has 5 rings (SSSR count). The van der Waals surface area contributed by atoms with Crippen LogP contribution in [0.15, 0.2) is 63.2 Å². The van der Waals surface area contributed by atoms with Gasteiger partial charge in [-0.3, -0.25) is 9.59 Å². The SMILES string of the molecule is O=C(Cc1n[nH]c(=O)c2ccccc12)N1CCC(c2nc(-c3cccc(Br)c3)cs2)CC1. The number of H-pyrrole nitrogens is 1. The lowest BCUT2D eigenvalue weighted by Crippen LogP contribution is -2.39. The van der Waals surface area contributed by atoms with E-state index in [0.717, 1.165) is 39.0 Å². The largest absolute Gasteiger partial charge is 0.342 e. The fourth-order valence-electron chi connectivity index (χ4n) is 4.19. The molecule has 1 fully saturated rings. The summed E-state index contributed by atoms with van der Waals surface area (Å²) in [6.07, 6.45) is 1.99. The molecule has 6 nitrogen and oxygen atoms in total. The van der Waals surface area contributed by atoms with Gasteiger partial charge in [0.2, 0.25) is 5.91 Å². The number of carbonyl (C=O) groups excluding carboxylic acids is 1. The molecule has 0 atom stereocenters. The van der Waals surface area contributed by atoms with E-state index >= 15 is 0 Å². The predicted octanol–water partition coefficient (Wildman–Crippen LogP) is 4.76. The van der Waals surface area contributed by atoms with Crippen molar-refractivity contribution in [3.8, 4) is 11.3 Å². The highest BCUT2D eigenvalue weighted by molar-refractivity contribution is 9.10. The fraction of sp³-hybridized carbons (Fsp3) is 0.250. The maximum Gasteiger partial charge on any atom is 0.272 e. The van der Waals surface area contributed by atoms with Crippen LogP contribution in [0.2, 0.25) is 0 Å². The highest BCUT2D eigenvalue weighted by atomic mass is 79.9. The van der Waals surface area contributed by atoms with Gasteiger partial charge in [0, 0.05) is 39.8 Å². The topological polar surface area (TPSA) is 79.0 Å². The Morgan fingerprint density at radius 3 is 2.69 bits per heavy atom. The third-order valence-electron chi connectivity index (χ3n) is 5.93. The second-order valence-electron chi connectivity index (χ2n) is 7.96. The molecule has 1 amide bonds. The van der Waals surface area contributed by atoms with Crippen LogP contribution in [-0.2, 0) is 11.2 Å². The van der Waals surface area contributed by atoms with Gasteiger partial charge in [0.25, 0.3) is 5.56 Å². The van der Waals surface area contributed by atoms with Gasteiger partial charge in [-0.05, 0) is 31.0 Å². The van der Waals surface area contributed by atoms with Crippen molar-refractivity contribution in [3.05, 3.63) is 79.4 Å². The van der Waals surface area contributed by atoms with Crippen molar-refractivity contribution in [2.75, 3.05) is 13.1 Å². The van der Waals surface area contributed by atoms with Gasteiger partial charge in [-0.15, -0.1) is 11.3 Å². The molecule has 1 N–H and O–H groups in total. The Kier molecular flexibility index (Phi) is 5.89. The molecule has 2 aromatic heterocycles. The minimum absolute atomic E-state index is 0.0436. The first kappa shape index (κ1) is 21.0. The van der Waals surface area contributed by atoms with Crippen LogP contribution in [0.4, 0.5) is 0 Å². The summed E-state index contributed by atoms with van der Waals surface area (Å²) in [5, 5.41) is 11.2. The van der Waals surface area contributed by atoms with Crippen LogP contribution in [0.3, 0.4) is 0 Å². The predicted molar refractivity (Wildman–Crippen MR) is 130 cm³/mol. The molecular formula is C24H21BrN4O2S. The summed E-state index contributed by atoms with van der Waals surface area (Å²) in [6.45, 7) is 1.41. The summed E-state index contributed by atoms with van der Waals surface area (Å²) in [7, 11) is 0. The zero-order valence-corrected chi connectivity index (χ0v) is 19.7. The Hall–Kier alpha value is -2.84. The van der Waals surface area contributed by atoms with Crippen LogP contribution >= 0.6 is 27.3 Å². The average Bonchev–Trinajstić information content (AvgIpc) is 3.32. The van der Waals surface area contributed by atoms with Crippen molar-refractivity contribution in [2.24, 2.45) is 0 Å². The zero-order valence-electron chi connectivity index (χ0n) is 17.3. The number of benzene rings is 2. The first-order valence-corrected chi connectivity index (χ1v) is 12.2. The van der Waals surface area contributed by atoms with Gasteiger partial charge in [-0.1, -0.05) is 46.3 Å². The molecule has 1 aliphatic rings. The first-order valence-electron chi connectivity index (χ1n) is 10.5. The number of carbonyl (C=O) groups is 1. The molecule has 3 heterocycles. The summed E-state index contributed by atoms with van der Waals surface area (Å²) in [5.41, 5.74) is 2.49. The molecule has 0 saturated carbocycles. The lowest BCUT2D eigenvalue weighted by Gasteiger charge is -2.31. The summed E-state index contributed by atoms with van der Waals surface area (Å²) < 4.78 is 1.04. The maximum absolute atomic E-state index is 12.9. The number of aromatic nitrogens is 3. The molecule has 8 heteroatoms. The first-order chi connectivity index (χ1) is 15.6. The third kappa shape index (κ3) is 4.25. The van der Waals surface area contributed by atoms with Gasteiger partial charge in [0.1, 0.15) is 0 Å². The van der Waals surface area contributed by atoms with Crippen molar-refractivity contribution in [2.45, 2.75) is 25.2 Å². The Morgan fingerprint density at radius 1 is 1.12 bits per heavy atom. The normalized spacial score (nSPS) is 14.7. The molecular weight excluding hydrogens is 488 g/mol. The zero-order chi connectivity index (χ0) is 22.1. The lowest BCUT2D eigenvalue weighted by molar-refractivity contribution is -0.131. The van der Waals surface area contributed by atoms with Crippen molar-refractivity contribution in [1.82, 2.24) is 20.1 Å². The van der Waals surface area contributed by atoms with E-state index in [0.29, 0.717) is 30.1 Å². The van der Waals surface area contributed by atoms with E-state index in [1.54, 1.807) is 17.4 Å². The summed E-state index contributed by atoms with van der Waals surface area (Å²) in [4.78, 5) is 31.7. The highest BCUT2D eigenvalue weighted by Gasteiger charge is 2.26. The summed E-state index contributed by atoms with van der Waals surface area (Å²) >= 11 is 5.22. The molecule has 0 aliphatic carbocycles. The number of hydrogen-bond donors (Lipinski definition) is 1. The number of piperidine rings is 1. The number of fused-ring (bicyclic) bond motifs is 1. The fourth-order valence-corrected chi connectivity index (χ4v) is 5.59. The van der Waals surface area contributed by atoms with Crippen LogP contribution in [-0.4, -0.2) is 39.1 Å². The van der Waals surface area contributed by atoms with Crippen molar-refractivity contribution in [1.29, 1.82) is 0 Å². The van der Waals surface area contributed by atoms with E-state index in [4.69, 9.17) is 4.98 Å². The number of halogens is 1. The van der Waals surface area contributed by atoms with Crippen LogP contribution in [0.1, 0.15) is 29.5 Å². The lowest BCUT2D eigenvalue weighted by atomic mass is 9.97. The molecule has 2 aromatic carbocycles. The number of aromatic amines is 1. The number of hydrogen-bond acceptors (Lipinski definition) is 5. The van der Waals surface area contributed by atoms with E-state index in [2.05, 4.69) is 43.6 Å². The van der Waals surface area contributed by atoms with E-state index in [-0.39, 0.29) is 17.9 Å². The van der Waals surface area contributed by atoms with E-state index in [1.807, 2.05) is 35.2 Å². The smallest absolute Gasteiger partial charge is 0.272 e. The number of nitrogens with one attached hydrogen (secondary N) is 1. The molecule has 4 aromatic rings. The average molecular weight is 509 g/mol. The standard InChI is InChI=1S/C24H21BrN4O2S/c25-17-5-3-4-16(12-17)21-14-32-24(26-21)15-8-10-29(11-9-15)22(30)13-20-18-6-1-2-7-19(18)23(31)28-27-20/h1-7,12,14-15H,8-11,13H2,(H,28,31). The highest BCUT2D eigenvalue weighted by Crippen LogP contribution is 2.33. The number of nitrogens with zero attached hydrogens (tertiary/aromatic N) is 3. The van der Waals surface area contributed by atoms with Gasteiger partial charge in [-0.2, -0.15) is 5.10 Å². The number of rotatable bonds is 4. The van der Waals surface area contributed by atoms with E-state index in [9.17, 15) is 9.59 Å². The number of amides is 1. The molecule has 0 radical (unpaired) electrons. The van der Waals surface area contributed by atoms with Crippen LogP contribution in [0.5, 0.6) is 0 Å². The maximum atomic E-state index is 12.9. The third-order valence-corrected chi connectivity index (χ3v) is 7.43. The minimum atomic E-state index is -0.233. The number of thiazole rings is 1. The van der Waals surface area contributed by atoms with Crippen molar-refractivity contribution < 1.29 is 4.79 Å². The second-order valence-corrected chi connectivity index (χ2v) is 9.76. The van der Waals surface area contributed by atoms with Crippen molar-refractivity contribution in [3.63, 3.8) is 0 Å². The number of likely N-dealkylation sites (tertiary alicyclic amines) is 1. The summed E-state index contributed by atoms with van der Waals surface area (Å²) in [6, 6.07) is 15.4. The Balaban J connectivity index is 1.24. The Labute approximate surface area is 197 Å². The molecule has 0 unspecified atom stereocenters.